The molecule has 3 heterocycles. The highest BCUT2D eigenvalue weighted by atomic mass is 16.6. The zero-order chi connectivity index (χ0) is 19.3. The molecule has 4 rings (SSSR count). The Hall–Kier alpha value is -2.54. The molecule has 0 spiro atoms. The van der Waals surface area contributed by atoms with Gasteiger partial charge in [0.15, 0.2) is 11.5 Å². The molecule has 2 N–H and O–H groups in total. The summed E-state index contributed by atoms with van der Waals surface area (Å²) < 4.78 is 11.0. The van der Waals surface area contributed by atoms with Crippen LogP contribution in [0.25, 0.3) is 0 Å². The van der Waals surface area contributed by atoms with E-state index in [0.29, 0.717) is 37.1 Å². The number of likely N-dealkylation sites (tertiary alicyclic amines) is 1. The molecular formula is C21H27N3O4. The summed E-state index contributed by atoms with van der Waals surface area (Å²) in [5, 5.41) is 6.12. The number of amides is 2. The third kappa shape index (κ3) is 4.47. The molecule has 0 aliphatic carbocycles. The Morgan fingerprint density at radius 1 is 1.14 bits per heavy atom. The fourth-order valence-corrected chi connectivity index (χ4v) is 3.96. The molecule has 1 aromatic rings. The maximum atomic E-state index is 12.4. The van der Waals surface area contributed by atoms with Gasteiger partial charge in [-0.3, -0.25) is 14.9 Å². The van der Waals surface area contributed by atoms with Crippen LogP contribution in [0.3, 0.4) is 0 Å². The number of hydrogen-bond donors (Lipinski definition) is 2. The molecule has 3 aliphatic rings. The molecule has 0 unspecified atom stereocenters. The Balaban J connectivity index is 1.19. The molecule has 28 heavy (non-hydrogen) atoms. The normalized spacial score (nSPS) is 21.6. The van der Waals surface area contributed by atoms with Crippen molar-refractivity contribution in [3.8, 4) is 11.5 Å². The van der Waals surface area contributed by atoms with Crippen LogP contribution in [-0.4, -0.2) is 55.6 Å². The van der Waals surface area contributed by atoms with E-state index in [1.807, 2.05) is 35.3 Å². The van der Waals surface area contributed by atoms with E-state index in [1.165, 1.54) is 0 Å². The zero-order valence-corrected chi connectivity index (χ0v) is 16.0. The van der Waals surface area contributed by atoms with Gasteiger partial charge in [0.2, 0.25) is 11.8 Å². The van der Waals surface area contributed by atoms with Crippen LogP contribution in [0, 0.1) is 5.92 Å². The number of piperidine rings is 1. The smallest absolute Gasteiger partial charge is 0.243 e. The lowest BCUT2D eigenvalue weighted by Crippen LogP contribution is -2.47. The summed E-state index contributed by atoms with van der Waals surface area (Å²) in [6, 6.07) is 5.31. The molecule has 1 fully saturated rings. The lowest BCUT2D eigenvalue weighted by Gasteiger charge is -2.33. The van der Waals surface area contributed by atoms with E-state index >= 15 is 0 Å². The number of anilines is 1. The van der Waals surface area contributed by atoms with Gasteiger partial charge in [0.25, 0.3) is 0 Å². The van der Waals surface area contributed by atoms with E-state index in [4.69, 9.17) is 9.47 Å². The first-order valence-electron chi connectivity index (χ1n) is 10.1. The quantitative estimate of drug-likeness (QED) is 0.758. The van der Waals surface area contributed by atoms with Gasteiger partial charge < -0.3 is 19.7 Å². The average molecular weight is 385 g/mol. The lowest BCUT2D eigenvalue weighted by atomic mass is 9.91. The minimum atomic E-state index is -0.159. The van der Waals surface area contributed by atoms with Crippen molar-refractivity contribution in [2.24, 2.45) is 5.92 Å². The number of carbonyl (C=O) groups is 2. The van der Waals surface area contributed by atoms with Crippen LogP contribution in [0.2, 0.25) is 0 Å². The number of nitrogens with one attached hydrogen (secondary N) is 2. The Labute approximate surface area is 165 Å². The van der Waals surface area contributed by atoms with Crippen LogP contribution in [0.1, 0.15) is 25.7 Å². The number of nitrogens with zero attached hydrogens (tertiary/aromatic N) is 1. The second kappa shape index (κ2) is 8.65. The monoisotopic (exact) mass is 385 g/mol. The fraction of sp³-hybridized carbons (Fsp3) is 0.524. The molecule has 7 heteroatoms. The first-order chi connectivity index (χ1) is 13.7. The van der Waals surface area contributed by atoms with Crippen LogP contribution in [0.5, 0.6) is 11.5 Å². The molecule has 1 saturated heterocycles. The van der Waals surface area contributed by atoms with Crippen molar-refractivity contribution in [1.82, 2.24) is 10.2 Å². The standard InChI is InChI=1S/C21H27N3O4/c25-20(23-16-4-5-18-19(14-16)28-13-12-27-18)6-3-15-7-10-24(11-8-15)21(26)17-2-1-9-22-17/h1-2,4-5,14-15,17,22H,3,6-13H2,(H,23,25)/t17-/m1/s1. The Kier molecular flexibility index (Phi) is 5.81. The highest BCUT2D eigenvalue weighted by Crippen LogP contribution is 2.32. The van der Waals surface area contributed by atoms with Crippen molar-refractivity contribution in [1.29, 1.82) is 0 Å². The summed E-state index contributed by atoms with van der Waals surface area (Å²) in [5.74, 6) is 2.06. The van der Waals surface area contributed by atoms with Gasteiger partial charge in [-0.05, 0) is 37.3 Å². The summed E-state index contributed by atoms with van der Waals surface area (Å²) >= 11 is 0. The summed E-state index contributed by atoms with van der Waals surface area (Å²) in [7, 11) is 0. The number of ether oxygens (including phenoxy) is 2. The molecule has 0 aromatic heterocycles. The van der Waals surface area contributed by atoms with E-state index in [-0.39, 0.29) is 17.9 Å². The topological polar surface area (TPSA) is 79.9 Å². The third-order valence-corrected chi connectivity index (χ3v) is 5.58. The number of hydrogen-bond acceptors (Lipinski definition) is 5. The first-order valence-corrected chi connectivity index (χ1v) is 10.1. The predicted molar refractivity (Wildman–Crippen MR) is 106 cm³/mol. The maximum Gasteiger partial charge on any atom is 0.243 e. The van der Waals surface area contributed by atoms with E-state index < -0.39 is 0 Å². The molecule has 0 bridgehead atoms. The maximum absolute atomic E-state index is 12.4. The second-order valence-electron chi connectivity index (χ2n) is 7.53. The molecule has 1 aromatic carbocycles. The predicted octanol–water partition coefficient (Wildman–Crippen LogP) is 1.94. The van der Waals surface area contributed by atoms with E-state index in [9.17, 15) is 9.59 Å². The third-order valence-electron chi connectivity index (χ3n) is 5.58. The molecule has 7 nitrogen and oxygen atoms in total. The first kappa shape index (κ1) is 18.8. The molecule has 150 valence electrons. The Bertz CT molecular complexity index is 756. The molecular weight excluding hydrogens is 358 g/mol. The summed E-state index contributed by atoms with van der Waals surface area (Å²) in [6.45, 7) is 3.40. The van der Waals surface area contributed by atoms with Gasteiger partial charge in [-0.25, -0.2) is 0 Å². The van der Waals surface area contributed by atoms with E-state index in [0.717, 1.165) is 44.6 Å². The number of rotatable bonds is 5. The van der Waals surface area contributed by atoms with Gasteiger partial charge in [-0.15, -0.1) is 0 Å². The van der Waals surface area contributed by atoms with Crippen LogP contribution in [-0.2, 0) is 9.59 Å². The minimum absolute atomic E-state index is 0.00970. The van der Waals surface area contributed by atoms with Crippen molar-refractivity contribution in [2.75, 3.05) is 38.2 Å². The highest BCUT2D eigenvalue weighted by Gasteiger charge is 2.28. The van der Waals surface area contributed by atoms with Crippen molar-refractivity contribution >= 4 is 17.5 Å². The van der Waals surface area contributed by atoms with Gasteiger partial charge in [-0.2, -0.15) is 0 Å². The number of benzene rings is 1. The zero-order valence-electron chi connectivity index (χ0n) is 16.0. The largest absolute Gasteiger partial charge is 0.486 e. The Morgan fingerprint density at radius 2 is 1.93 bits per heavy atom. The van der Waals surface area contributed by atoms with Crippen LogP contribution in [0.4, 0.5) is 5.69 Å². The van der Waals surface area contributed by atoms with E-state index in [2.05, 4.69) is 10.6 Å². The SMILES string of the molecule is O=C(CCC1CCN(C(=O)[C@H]2C=CCN2)CC1)Nc1ccc2c(c1)OCCO2. The van der Waals surface area contributed by atoms with Gasteiger partial charge >= 0.3 is 0 Å². The molecule has 0 radical (unpaired) electrons. The number of carbonyl (C=O) groups excluding carboxylic acids is 2. The van der Waals surface area contributed by atoms with Crippen molar-refractivity contribution in [3.63, 3.8) is 0 Å². The van der Waals surface area contributed by atoms with Crippen molar-refractivity contribution in [2.45, 2.75) is 31.7 Å². The molecule has 2 amide bonds. The second-order valence-corrected chi connectivity index (χ2v) is 7.53. The Morgan fingerprint density at radius 3 is 2.68 bits per heavy atom. The number of fused-ring (bicyclic) bond motifs is 1. The lowest BCUT2D eigenvalue weighted by molar-refractivity contribution is -0.133. The highest BCUT2D eigenvalue weighted by molar-refractivity contribution is 5.91. The van der Waals surface area contributed by atoms with Gasteiger partial charge in [0.05, 0.1) is 0 Å². The minimum Gasteiger partial charge on any atom is -0.486 e. The van der Waals surface area contributed by atoms with Crippen molar-refractivity contribution in [3.05, 3.63) is 30.4 Å². The summed E-state index contributed by atoms with van der Waals surface area (Å²) in [4.78, 5) is 26.7. The van der Waals surface area contributed by atoms with Gasteiger partial charge in [0, 0.05) is 37.8 Å². The van der Waals surface area contributed by atoms with Crippen LogP contribution >= 0.6 is 0 Å². The van der Waals surface area contributed by atoms with Gasteiger partial charge in [0.1, 0.15) is 19.3 Å². The van der Waals surface area contributed by atoms with Crippen LogP contribution in [0.15, 0.2) is 30.4 Å². The molecule has 3 aliphatic heterocycles. The average Bonchev–Trinajstić information content (AvgIpc) is 3.27. The van der Waals surface area contributed by atoms with E-state index in [1.54, 1.807) is 0 Å². The summed E-state index contributed by atoms with van der Waals surface area (Å²) in [5.41, 5.74) is 0.729. The van der Waals surface area contributed by atoms with Crippen molar-refractivity contribution < 1.29 is 19.1 Å². The summed E-state index contributed by atoms with van der Waals surface area (Å²) in [6.07, 6.45) is 7.19. The fourth-order valence-electron chi connectivity index (χ4n) is 3.96. The molecule has 1 atom stereocenters. The molecule has 0 saturated carbocycles. The van der Waals surface area contributed by atoms with Gasteiger partial charge in [-0.1, -0.05) is 12.2 Å². The van der Waals surface area contributed by atoms with Crippen LogP contribution < -0.4 is 20.1 Å².